The third-order valence-electron chi connectivity index (χ3n) is 1.75. The van der Waals surface area contributed by atoms with Crippen molar-refractivity contribution < 1.29 is 4.39 Å². The first-order chi connectivity index (χ1) is 6.15. The van der Waals surface area contributed by atoms with E-state index in [0.717, 1.165) is 5.56 Å². The average Bonchev–Trinajstić information content (AvgIpc) is 2.04. The molecule has 1 aromatic carbocycles. The molecule has 0 aliphatic heterocycles. The van der Waals surface area contributed by atoms with Gasteiger partial charge in [-0.25, -0.2) is 4.39 Å². The molecule has 0 heterocycles. The first-order valence-corrected chi connectivity index (χ1v) is 4.64. The van der Waals surface area contributed by atoms with E-state index in [1.807, 2.05) is 6.92 Å². The van der Waals surface area contributed by atoms with Gasteiger partial charge in [-0.1, -0.05) is 29.9 Å². The fraction of sp³-hybridized carbons (Fsp3) is 0.222. The Morgan fingerprint density at radius 2 is 2.31 bits per heavy atom. The maximum atomic E-state index is 12.7. The zero-order chi connectivity index (χ0) is 9.84. The minimum atomic E-state index is -0.330. The maximum Gasteiger partial charge on any atom is 0.124 e. The molecular formula is C9H9ClFNS. The number of rotatable bonds is 3. The summed E-state index contributed by atoms with van der Waals surface area (Å²) in [6.07, 6.45) is 0. The molecule has 0 bridgehead atoms. The van der Waals surface area contributed by atoms with Crippen LogP contribution in [0.3, 0.4) is 0 Å². The highest BCUT2D eigenvalue weighted by atomic mass is 35.5. The summed E-state index contributed by atoms with van der Waals surface area (Å²) in [5.74, 6) is -0.330. The van der Waals surface area contributed by atoms with E-state index in [-0.39, 0.29) is 11.9 Å². The van der Waals surface area contributed by atoms with Gasteiger partial charge in [-0.15, -0.1) is 0 Å². The molecule has 1 atom stereocenters. The van der Waals surface area contributed by atoms with Gasteiger partial charge in [-0.05, 0) is 24.6 Å². The smallest absolute Gasteiger partial charge is 0.124 e. The molecule has 0 radical (unpaired) electrons. The second-order valence-electron chi connectivity index (χ2n) is 2.67. The molecule has 1 aromatic rings. The Kier molecular flexibility index (Phi) is 3.63. The van der Waals surface area contributed by atoms with Crippen LogP contribution in [0.4, 0.5) is 4.39 Å². The van der Waals surface area contributed by atoms with E-state index < -0.39 is 0 Å². The molecule has 4 heteroatoms. The molecule has 0 aliphatic carbocycles. The molecule has 1 nitrogen and oxygen atoms in total. The molecule has 70 valence electrons. The van der Waals surface area contributed by atoms with E-state index in [4.69, 9.17) is 11.6 Å². The van der Waals surface area contributed by atoms with E-state index in [1.54, 1.807) is 6.07 Å². The summed E-state index contributed by atoms with van der Waals surface area (Å²) in [5, 5.41) is 3.32. The van der Waals surface area contributed by atoms with Crippen LogP contribution in [0.1, 0.15) is 18.5 Å². The van der Waals surface area contributed by atoms with Crippen molar-refractivity contribution >= 4 is 29.3 Å². The summed E-state index contributed by atoms with van der Waals surface area (Å²) in [5.41, 5.74) is 2.26. The van der Waals surface area contributed by atoms with E-state index in [0.29, 0.717) is 5.02 Å². The van der Waals surface area contributed by atoms with Gasteiger partial charge in [0.15, 0.2) is 0 Å². The van der Waals surface area contributed by atoms with Gasteiger partial charge in [0.1, 0.15) is 5.82 Å². The topological polar surface area (TPSA) is 12.0 Å². The quantitative estimate of drug-likeness (QED) is 0.781. The molecule has 1 rings (SSSR count). The highest BCUT2D eigenvalue weighted by molar-refractivity contribution is 7.78. The zero-order valence-corrected chi connectivity index (χ0v) is 8.62. The fourth-order valence-electron chi connectivity index (χ4n) is 1.04. The highest BCUT2D eigenvalue weighted by Crippen LogP contribution is 2.23. The lowest BCUT2D eigenvalue weighted by Gasteiger charge is -2.12. The van der Waals surface area contributed by atoms with Gasteiger partial charge < -0.3 is 5.32 Å². The summed E-state index contributed by atoms with van der Waals surface area (Å²) in [4.78, 5) is 0. The van der Waals surface area contributed by atoms with Crippen LogP contribution in [-0.2, 0) is 0 Å². The van der Waals surface area contributed by atoms with Crippen molar-refractivity contribution in [3.8, 4) is 0 Å². The number of halogens is 2. The lowest BCUT2D eigenvalue weighted by Crippen LogP contribution is -2.15. The van der Waals surface area contributed by atoms with Crippen LogP contribution in [0.5, 0.6) is 0 Å². The van der Waals surface area contributed by atoms with Gasteiger partial charge >= 0.3 is 0 Å². The van der Waals surface area contributed by atoms with Crippen LogP contribution in [-0.4, -0.2) is 5.49 Å². The summed E-state index contributed by atoms with van der Waals surface area (Å²) >= 11 is 10.5. The predicted molar refractivity (Wildman–Crippen MR) is 56.6 cm³/mol. The van der Waals surface area contributed by atoms with Crippen LogP contribution >= 0.6 is 23.8 Å². The van der Waals surface area contributed by atoms with Crippen LogP contribution < -0.4 is 5.32 Å². The third-order valence-corrected chi connectivity index (χ3v) is 2.21. The standard InChI is InChI=1S/C9H9ClFNS/c1-6(12-5-13)8-3-2-7(11)4-9(8)10/h2-6H,1H3,(H,12,13). The largest absolute Gasteiger partial charge is 0.376 e. The SMILES string of the molecule is CC(NC=S)c1ccc(F)cc1Cl. The van der Waals surface area contributed by atoms with E-state index >= 15 is 0 Å². The summed E-state index contributed by atoms with van der Waals surface area (Å²) in [6, 6.07) is 4.32. The van der Waals surface area contributed by atoms with Gasteiger partial charge in [0.25, 0.3) is 0 Å². The minimum Gasteiger partial charge on any atom is -0.376 e. The number of benzene rings is 1. The third kappa shape index (κ3) is 2.64. The molecule has 0 aromatic heterocycles. The molecule has 0 fully saturated rings. The molecule has 1 N–H and O–H groups in total. The molecule has 0 saturated heterocycles. The Hall–Kier alpha value is -0.670. The summed E-state index contributed by atoms with van der Waals surface area (Å²) < 4.78 is 12.7. The van der Waals surface area contributed by atoms with Crippen molar-refractivity contribution in [3.63, 3.8) is 0 Å². The fourth-order valence-corrected chi connectivity index (χ4v) is 1.58. The van der Waals surface area contributed by atoms with Crippen LogP contribution in [0.25, 0.3) is 0 Å². The molecule has 0 spiro atoms. The highest BCUT2D eigenvalue weighted by Gasteiger charge is 2.08. The first kappa shape index (κ1) is 10.4. The summed E-state index contributed by atoms with van der Waals surface area (Å²) in [7, 11) is 0. The van der Waals surface area contributed by atoms with Gasteiger partial charge in [0, 0.05) is 5.02 Å². The Balaban J connectivity index is 2.94. The lowest BCUT2D eigenvalue weighted by atomic mass is 10.1. The van der Waals surface area contributed by atoms with Gasteiger partial charge in [-0.2, -0.15) is 0 Å². The average molecular weight is 218 g/mol. The summed E-state index contributed by atoms with van der Waals surface area (Å²) in [6.45, 7) is 1.90. The van der Waals surface area contributed by atoms with E-state index in [9.17, 15) is 4.39 Å². The van der Waals surface area contributed by atoms with Gasteiger partial charge in [0.2, 0.25) is 0 Å². The minimum absolute atomic E-state index is 0.00519. The Morgan fingerprint density at radius 3 is 2.85 bits per heavy atom. The molecule has 0 amide bonds. The second-order valence-corrected chi connectivity index (χ2v) is 3.31. The number of nitrogens with one attached hydrogen (secondary N) is 1. The Morgan fingerprint density at radius 1 is 1.62 bits per heavy atom. The maximum absolute atomic E-state index is 12.7. The monoisotopic (exact) mass is 217 g/mol. The van der Waals surface area contributed by atoms with Crippen molar-refractivity contribution in [2.75, 3.05) is 0 Å². The molecular weight excluding hydrogens is 209 g/mol. The van der Waals surface area contributed by atoms with Crippen LogP contribution in [0.15, 0.2) is 18.2 Å². The van der Waals surface area contributed by atoms with Crippen molar-refractivity contribution in [2.45, 2.75) is 13.0 Å². The molecule has 1 unspecified atom stereocenters. The van der Waals surface area contributed by atoms with Crippen molar-refractivity contribution in [1.29, 1.82) is 0 Å². The second kappa shape index (κ2) is 4.53. The Labute approximate surface area is 86.9 Å². The number of thiocarbonyl (C=S) groups is 1. The normalized spacial score (nSPS) is 12.2. The molecule has 13 heavy (non-hydrogen) atoms. The van der Waals surface area contributed by atoms with Crippen LogP contribution in [0, 0.1) is 5.82 Å². The van der Waals surface area contributed by atoms with Crippen molar-refractivity contribution in [2.24, 2.45) is 0 Å². The van der Waals surface area contributed by atoms with Gasteiger partial charge in [0.05, 0.1) is 11.5 Å². The van der Waals surface area contributed by atoms with E-state index in [1.165, 1.54) is 17.6 Å². The van der Waals surface area contributed by atoms with E-state index in [2.05, 4.69) is 17.5 Å². The van der Waals surface area contributed by atoms with Gasteiger partial charge in [-0.3, -0.25) is 0 Å². The first-order valence-electron chi connectivity index (χ1n) is 3.80. The van der Waals surface area contributed by atoms with Crippen molar-refractivity contribution in [3.05, 3.63) is 34.6 Å². The molecule has 0 saturated carbocycles. The molecule has 0 aliphatic rings. The number of hydrogen-bond acceptors (Lipinski definition) is 1. The predicted octanol–water partition coefficient (Wildman–Crippen LogP) is 3.09. The number of hydrogen-bond donors (Lipinski definition) is 1. The lowest BCUT2D eigenvalue weighted by molar-refractivity contribution is 0.625. The Bertz CT molecular complexity index is 316. The van der Waals surface area contributed by atoms with Crippen molar-refractivity contribution in [1.82, 2.24) is 5.32 Å². The zero-order valence-electron chi connectivity index (χ0n) is 7.05. The van der Waals surface area contributed by atoms with Crippen LogP contribution in [0.2, 0.25) is 5.02 Å².